The zero-order valence-corrected chi connectivity index (χ0v) is 29.6. The Labute approximate surface area is 298 Å². The molecule has 51 heavy (non-hydrogen) atoms. The van der Waals surface area contributed by atoms with Crippen molar-refractivity contribution in [2.75, 3.05) is 13.2 Å². The van der Waals surface area contributed by atoms with Gasteiger partial charge in [0.15, 0.2) is 17.4 Å². The molecule has 9 rings (SSSR count). The molecular formula is C43H47F2NO5. The average Bonchev–Trinajstić information content (AvgIpc) is 3.38. The highest BCUT2D eigenvalue weighted by Gasteiger charge is 2.74. The topological polar surface area (TPSA) is 87.1 Å². The number of fused-ring (bicyclic) bond motifs is 2. The molecule has 6 nitrogen and oxygen atoms in total. The number of halogens is 2. The van der Waals surface area contributed by atoms with Gasteiger partial charge in [0.2, 0.25) is 0 Å². The van der Waals surface area contributed by atoms with Gasteiger partial charge in [0, 0.05) is 33.9 Å². The summed E-state index contributed by atoms with van der Waals surface area (Å²) >= 11 is 0. The number of amides is 1. The number of carbonyl (C=O) groups is 2. The van der Waals surface area contributed by atoms with E-state index in [2.05, 4.69) is 32.1 Å². The molecule has 0 aliphatic heterocycles. The van der Waals surface area contributed by atoms with E-state index in [1.165, 1.54) is 6.07 Å². The Kier molecular flexibility index (Phi) is 7.93. The standard InChI is InChI=1S/C43H47F2NO5/c1-4-51-38(49)46(25-29-10-7-9-27-8-5-6-11-31(27)29)26-42(50)19-16-36-40(42,3)18-15-35-39(2)17-14-30(47)23-41(39)20-21-43(35,36)32(24-41)37(48)28-12-13-33(44)34(45)22-28/h5-13,20-22,24,30,35-36,47,50H,4,14-19,23,25-26H2,1-3H3. The van der Waals surface area contributed by atoms with E-state index >= 15 is 0 Å². The van der Waals surface area contributed by atoms with E-state index in [0.29, 0.717) is 37.7 Å². The second-order valence-corrected chi connectivity index (χ2v) is 16.5. The first-order chi connectivity index (χ1) is 24.3. The molecule has 3 fully saturated rings. The van der Waals surface area contributed by atoms with Gasteiger partial charge in [-0.1, -0.05) is 74.5 Å². The molecule has 1 amide bonds. The SMILES string of the molecule is CCOC(=O)N(Cc1cccc2ccccc12)CC1(O)CCC2C34C=CC5(C=C3C(=O)c3ccc(F)c(F)c3)CC(O)CCC5(C)C4CCC21C. The first-order valence-corrected chi connectivity index (χ1v) is 18.5. The van der Waals surface area contributed by atoms with E-state index in [1.54, 1.807) is 11.8 Å². The molecule has 3 aromatic rings. The fraction of sp³-hybridized carbons (Fsp3) is 0.488. The van der Waals surface area contributed by atoms with E-state index in [1.807, 2.05) is 42.5 Å². The van der Waals surface area contributed by atoms with Crippen LogP contribution in [0.5, 0.6) is 0 Å². The van der Waals surface area contributed by atoms with Crippen LogP contribution in [-0.4, -0.2) is 51.8 Å². The number of aliphatic hydroxyl groups excluding tert-OH is 1. The van der Waals surface area contributed by atoms with Crippen LogP contribution in [0.4, 0.5) is 13.6 Å². The van der Waals surface area contributed by atoms with Gasteiger partial charge in [0.1, 0.15) is 0 Å². The summed E-state index contributed by atoms with van der Waals surface area (Å²) in [6, 6.07) is 17.4. The molecule has 0 aromatic heterocycles. The Balaban J connectivity index is 1.21. The molecule has 8 unspecified atom stereocenters. The van der Waals surface area contributed by atoms with Crippen LogP contribution in [0.25, 0.3) is 10.8 Å². The molecule has 2 spiro atoms. The predicted molar refractivity (Wildman–Crippen MR) is 191 cm³/mol. The zero-order valence-electron chi connectivity index (χ0n) is 29.6. The number of nitrogens with zero attached hydrogens (tertiary/aromatic N) is 1. The van der Waals surface area contributed by atoms with Crippen LogP contribution < -0.4 is 0 Å². The van der Waals surface area contributed by atoms with Gasteiger partial charge in [0.05, 0.1) is 24.9 Å². The molecule has 0 radical (unpaired) electrons. The Morgan fingerprint density at radius 1 is 0.902 bits per heavy atom. The van der Waals surface area contributed by atoms with Crippen molar-refractivity contribution in [2.24, 2.45) is 33.5 Å². The van der Waals surface area contributed by atoms with Crippen LogP contribution in [0.1, 0.15) is 81.6 Å². The van der Waals surface area contributed by atoms with Gasteiger partial charge >= 0.3 is 6.09 Å². The molecule has 0 saturated heterocycles. The Morgan fingerprint density at radius 3 is 2.41 bits per heavy atom. The van der Waals surface area contributed by atoms with Crippen molar-refractivity contribution in [1.29, 1.82) is 0 Å². The van der Waals surface area contributed by atoms with Gasteiger partial charge in [0.25, 0.3) is 0 Å². The first kappa shape index (κ1) is 34.2. The number of allylic oxidation sites excluding steroid dienone is 4. The van der Waals surface area contributed by atoms with Crippen LogP contribution in [0.2, 0.25) is 0 Å². The van der Waals surface area contributed by atoms with Crippen LogP contribution in [0, 0.1) is 45.1 Å². The number of benzene rings is 3. The lowest BCUT2D eigenvalue weighted by Crippen LogP contribution is -2.67. The lowest BCUT2D eigenvalue weighted by molar-refractivity contribution is -0.175. The summed E-state index contributed by atoms with van der Waals surface area (Å²) in [5.74, 6) is -2.56. The minimum atomic E-state index is -1.30. The summed E-state index contributed by atoms with van der Waals surface area (Å²) < 4.78 is 34.2. The summed E-state index contributed by atoms with van der Waals surface area (Å²) in [4.78, 5) is 30.0. The fourth-order valence-electron chi connectivity index (χ4n) is 11.7. The largest absolute Gasteiger partial charge is 0.450 e. The van der Waals surface area contributed by atoms with Gasteiger partial charge in [-0.2, -0.15) is 0 Å². The highest BCUT2D eigenvalue weighted by molar-refractivity contribution is 6.10. The van der Waals surface area contributed by atoms with Crippen molar-refractivity contribution in [3.8, 4) is 0 Å². The van der Waals surface area contributed by atoms with Crippen molar-refractivity contribution in [3.63, 3.8) is 0 Å². The fourth-order valence-corrected chi connectivity index (χ4v) is 11.7. The molecule has 268 valence electrons. The van der Waals surface area contributed by atoms with Crippen LogP contribution in [-0.2, 0) is 11.3 Å². The summed E-state index contributed by atoms with van der Waals surface area (Å²) in [6.45, 7) is 6.72. The third-order valence-electron chi connectivity index (χ3n) is 14.4. The lowest BCUT2D eigenvalue weighted by atomic mass is 9.32. The van der Waals surface area contributed by atoms with Crippen LogP contribution >= 0.6 is 0 Å². The Morgan fingerprint density at radius 2 is 1.63 bits per heavy atom. The summed E-state index contributed by atoms with van der Waals surface area (Å²) in [5.41, 5.74) is -1.96. The van der Waals surface area contributed by atoms with Gasteiger partial charge < -0.3 is 19.8 Å². The number of carbonyl (C=O) groups excluding carboxylic acids is 2. The molecule has 2 N–H and O–H groups in total. The van der Waals surface area contributed by atoms with E-state index < -0.39 is 45.7 Å². The van der Waals surface area contributed by atoms with Crippen molar-refractivity contribution in [2.45, 2.75) is 84.0 Å². The molecule has 8 atom stereocenters. The number of hydrogen-bond acceptors (Lipinski definition) is 5. The smallest absolute Gasteiger partial charge is 0.410 e. The van der Waals surface area contributed by atoms with E-state index in [9.17, 15) is 28.6 Å². The van der Waals surface area contributed by atoms with E-state index in [0.717, 1.165) is 41.3 Å². The van der Waals surface area contributed by atoms with Gasteiger partial charge in [-0.15, -0.1) is 0 Å². The Hall–Kier alpha value is -3.88. The summed E-state index contributed by atoms with van der Waals surface area (Å²) in [7, 11) is 0. The third-order valence-corrected chi connectivity index (χ3v) is 14.4. The highest BCUT2D eigenvalue weighted by atomic mass is 19.2. The number of Topliss-reactive ketones (excluding diaryl/α,β-unsaturated/α-hetero) is 1. The summed E-state index contributed by atoms with van der Waals surface area (Å²) in [6.07, 6.45) is 9.91. The maximum Gasteiger partial charge on any atom is 0.410 e. The second-order valence-electron chi connectivity index (χ2n) is 16.5. The highest BCUT2D eigenvalue weighted by Crippen LogP contribution is 2.78. The Bertz CT molecular complexity index is 1990. The maximum absolute atomic E-state index is 14.7. The molecule has 6 aliphatic carbocycles. The first-order valence-electron chi connectivity index (χ1n) is 18.5. The number of ether oxygens (including phenoxy) is 1. The quantitative estimate of drug-likeness (QED) is 0.191. The molecule has 6 aliphatic rings. The van der Waals surface area contributed by atoms with Gasteiger partial charge in [-0.3, -0.25) is 4.79 Å². The van der Waals surface area contributed by atoms with Crippen molar-refractivity contribution < 1.29 is 33.3 Å². The van der Waals surface area contributed by atoms with Crippen molar-refractivity contribution in [3.05, 3.63) is 107 Å². The molecule has 3 saturated carbocycles. The molecule has 8 heteroatoms. The summed E-state index contributed by atoms with van der Waals surface area (Å²) in [5, 5.41) is 26.0. The van der Waals surface area contributed by atoms with Crippen LogP contribution in [0.15, 0.2) is 84.5 Å². The third kappa shape index (κ3) is 4.77. The second kappa shape index (κ2) is 11.8. The number of ketones is 1. The van der Waals surface area contributed by atoms with E-state index in [-0.39, 0.29) is 48.3 Å². The molecule has 2 bridgehead atoms. The minimum Gasteiger partial charge on any atom is -0.450 e. The normalized spacial score (nSPS) is 36.2. The number of rotatable bonds is 7. The average molecular weight is 696 g/mol. The van der Waals surface area contributed by atoms with Crippen LogP contribution in [0.3, 0.4) is 0 Å². The van der Waals surface area contributed by atoms with Crippen molar-refractivity contribution >= 4 is 22.6 Å². The monoisotopic (exact) mass is 695 g/mol. The predicted octanol–water partition coefficient (Wildman–Crippen LogP) is 8.55. The van der Waals surface area contributed by atoms with Gasteiger partial charge in [-0.25, -0.2) is 13.6 Å². The minimum absolute atomic E-state index is 0.0361. The van der Waals surface area contributed by atoms with E-state index in [4.69, 9.17) is 4.74 Å². The maximum atomic E-state index is 14.7. The number of hydrogen-bond donors (Lipinski definition) is 2. The van der Waals surface area contributed by atoms with Crippen molar-refractivity contribution in [1.82, 2.24) is 4.90 Å². The van der Waals surface area contributed by atoms with Gasteiger partial charge in [-0.05, 0) is 104 Å². The number of aliphatic hydroxyl groups is 2. The molecular weight excluding hydrogens is 648 g/mol. The zero-order chi connectivity index (χ0) is 36.0. The molecule has 0 heterocycles. The molecule has 3 aromatic carbocycles. The lowest BCUT2D eigenvalue weighted by Gasteiger charge is -2.71.